The van der Waals surface area contributed by atoms with Crippen LogP contribution < -0.4 is 0 Å². The second-order valence-electron chi connectivity index (χ2n) is 8.39. The molecule has 0 heterocycles. The molecular formula is C24H33S+. The number of hydrogen-bond acceptors (Lipinski definition) is 0. The van der Waals surface area contributed by atoms with Crippen molar-refractivity contribution in [2.75, 3.05) is 0 Å². The van der Waals surface area contributed by atoms with Gasteiger partial charge in [0.2, 0.25) is 0 Å². The molecule has 0 amide bonds. The van der Waals surface area contributed by atoms with Crippen molar-refractivity contribution in [3.63, 3.8) is 0 Å². The van der Waals surface area contributed by atoms with Crippen molar-refractivity contribution in [1.29, 1.82) is 0 Å². The predicted octanol–water partition coefficient (Wildman–Crippen LogP) is 7.13. The Balaban J connectivity index is 1.93. The average molecular weight is 354 g/mol. The van der Waals surface area contributed by atoms with Crippen LogP contribution in [0.5, 0.6) is 0 Å². The standard InChI is InChI=1S/C24H33S/c1-24(2,3)20-16-18-23(19-17-20)25(22-14-10-7-11-15-22)21-12-8-5-4-6-9-13-21/h7,10-11,14-19,21H,4-6,8-9,12-13H2,1-3H3/q+1. The molecule has 0 N–H and O–H groups in total. The van der Waals surface area contributed by atoms with Gasteiger partial charge in [0.05, 0.1) is 10.9 Å². The first-order valence-electron chi connectivity index (χ1n) is 9.94. The lowest BCUT2D eigenvalue weighted by molar-refractivity contribution is 0.510. The lowest BCUT2D eigenvalue weighted by atomic mass is 9.87. The maximum absolute atomic E-state index is 2.41. The summed E-state index contributed by atoms with van der Waals surface area (Å²) in [6, 6.07) is 20.8. The second kappa shape index (κ2) is 8.45. The van der Waals surface area contributed by atoms with Crippen molar-refractivity contribution < 1.29 is 0 Å². The van der Waals surface area contributed by atoms with E-state index in [4.69, 9.17) is 0 Å². The minimum Gasteiger partial charge on any atom is -0.0619 e. The molecule has 1 unspecified atom stereocenters. The first-order chi connectivity index (χ1) is 12.1. The Kier molecular flexibility index (Phi) is 6.28. The molecule has 1 aliphatic carbocycles. The molecule has 0 aromatic heterocycles. The molecule has 0 bridgehead atoms. The number of benzene rings is 2. The van der Waals surface area contributed by atoms with Crippen LogP contribution >= 0.6 is 0 Å². The van der Waals surface area contributed by atoms with E-state index in [0.29, 0.717) is 0 Å². The molecule has 1 aliphatic rings. The average Bonchev–Trinajstić information content (AvgIpc) is 2.57. The van der Waals surface area contributed by atoms with Gasteiger partial charge in [0.15, 0.2) is 9.79 Å². The maximum atomic E-state index is 2.41. The number of hydrogen-bond donors (Lipinski definition) is 0. The Labute approximate surface area is 157 Å². The van der Waals surface area contributed by atoms with Gasteiger partial charge < -0.3 is 0 Å². The van der Waals surface area contributed by atoms with Crippen molar-refractivity contribution in [2.45, 2.75) is 86.2 Å². The summed E-state index contributed by atoms with van der Waals surface area (Å²) in [6.45, 7) is 6.90. The molecule has 134 valence electrons. The van der Waals surface area contributed by atoms with Crippen molar-refractivity contribution in [1.82, 2.24) is 0 Å². The van der Waals surface area contributed by atoms with Crippen molar-refractivity contribution in [2.24, 2.45) is 0 Å². The molecule has 25 heavy (non-hydrogen) atoms. The van der Waals surface area contributed by atoms with Crippen LogP contribution in [-0.4, -0.2) is 5.25 Å². The molecule has 1 saturated carbocycles. The topological polar surface area (TPSA) is 0 Å². The number of rotatable bonds is 3. The summed E-state index contributed by atoms with van der Waals surface area (Å²) in [5, 5.41) is 0.809. The van der Waals surface area contributed by atoms with Crippen LogP contribution in [0.1, 0.15) is 71.3 Å². The third-order valence-corrected chi connectivity index (χ3v) is 8.06. The van der Waals surface area contributed by atoms with Crippen LogP contribution in [0.3, 0.4) is 0 Å². The van der Waals surface area contributed by atoms with Crippen molar-refractivity contribution in [3.8, 4) is 0 Å². The minimum absolute atomic E-state index is 0.208. The zero-order valence-corrected chi connectivity index (χ0v) is 16.9. The monoisotopic (exact) mass is 353 g/mol. The van der Waals surface area contributed by atoms with E-state index in [1.165, 1.54) is 60.3 Å². The third-order valence-electron chi connectivity index (χ3n) is 5.36. The molecule has 1 heteroatoms. The van der Waals surface area contributed by atoms with Gasteiger partial charge in [-0.3, -0.25) is 0 Å². The Bertz CT molecular complexity index is 628. The van der Waals surface area contributed by atoms with Crippen LogP contribution in [0.4, 0.5) is 0 Å². The van der Waals surface area contributed by atoms with Gasteiger partial charge in [-0.15, -0.1) is 0 Å². The predicted molar refractivity (Wildman–Crippen MR) is 112 cm³/mol. The van der Waals surface area contributed by atoms with Gasteiger partial charge in [0.25, 0.3) is 0 Å². The van der Waals surface area contributed by atoms with Crippen LogP contribution in [-0.2, 0) is 16.3 Å². The van der Waals surface area contributed by atoms with Gasteiger partial charge in [-0.25, -0.2) is 0 Å². The Morgan fingerprint density at radius 1 is 0.680 bits per heavy atom. The van der Waals surface area contributed by atoms with E-state index in [2.05, 4.69) is 75.4 Å². The summed E-state index contributed by atoms with van der Waals surface area (Å²) in [4.78, 5) is 3.06. The van der Waals surface area contributed by atoms with Gasteiger partial charge in [-0.05, 0) is 60.9 Å². The van der Waals surface area contributed by atoms with Gasteiger partial charge in [0, 0.05) is 0 Å². The normalized spacial score (nSPS) is 18.4. The lowest BCUT2D eigenvalue weighted by Gasteiger charge is -2.22. The van der Waals surface area contributed by atoms with Crippen molar-refractivity contribution in [3.05, 3.63) is 60.2 Å². The summed E-state index contributed by atoms with van der Waals surface area (Å²) >= 11 is 0. The summed E-state index contributed by atoms with van der Waals surface area (Å²) in [7, 11) is 0.208. The molecule has 0 spiro atoms. The van der Waals surface area contributed by atoms with E-state index < -0.39 is 0 Å². The van der Waals surface area contributed by atoms with E-state index >= 15 is 0 Å². The Morgan fingerprint density at radius 2 is 1.20 bits per heavy atom. The summed E-state index contributed by atoms with van der Waals surface area (Å²) < 4.78 is 0. The van der Waals surface area contributed by atoms with E-state index in [1.807, 2.05) is 0 Å². The highest BCUT2D eigenvalue weighted by atomic mass is 32.2. The molecule has 0 radical (unpaired) electrons. The molecule has 2 aromatic rings. The summed E-state index contributed by atoms with van der Waals surface area (Å²) in [5.41, 5.74) is 1.66. The second-order valence-corrected chi connectivity index (χ2v) is 10.7. The maximum Gasteiger partial charge on any atom is 0.161 e. The third kappa shape index (κ3) is 4.91. The molecule has 1 atom stereocenters. The molecule has 0 saturated heterocycles. The molecule has 0 nitrogen and oxygen atoms in total. The quantitative estimate of drug-likeness (QED) is 0.515. The molecule has 0 aliphatic heterocycles. The summed E-state index contributed by atoms with van der Waals surface area (Å²) in [5.74, 6) is 0. The van der Waals surface area contributed by atoms with Crippen LogP contribution in [0.2, 0.25) is 0 Å². The van der Waals surface area contributed by atoms with Crippen LogP contribution in [0, 0.1) is 0 Å². The Morgan fingerprint density at radius 3 is 1.76 bits per heavy atom. The van der Waals surface area contributed by atoms with Crippen molar-refractivity contribution >= 4 is 10.9 Å². The van der Waals surface area contributed by atoms with Gasteiger partial charge in [0.1, 0.15) is 5.25 Å². The highest BCUT2D eigenvalue weighted by Crippen LogP contribution is 2.35. The fraction of sp³-hybridized carbons (Fsp3) is 0.500. The highest BCUT2D eigenvalue weighted by Gasteiger charge is 2.35. The molecule has 1 fully saturated rings. The summed E-state index contributed by atoms with van der Waals surface area (Å²) in [6.07, 6.45) is 9.86. The van der Waals surface area contributed by atoms with E-state index in [-0.39, 0.29) is 16.3 Å². The first-order valence-corrected chi connectivity index (χ1v) is 11.2. The van der Waals surface area contributed by atoms with Gasteiger partial charge in [-0.1, -0.05) is 70.4 Å². The highest BCUT2D eigenvalue weighted by molar-refractivity contribution is 7.97. The van der Waals surface area contributed by atoms with Gasteiger partial charge >= 0.3 is 0 Å². The SMILES string of the molecule is CC(C)(C)c1ccc([S+](c2ccccc2)C2CCCCCCC2)cc1. The zero-order valence-electron chi connectivity index (χ0n) is 16.1. The van der Waals surface area contributed by atoms with Gasteiger partial charge in [-0.2, -0.15) is 0 Å². The minimum atomic E-state index is 0.208. The van der Waals surface area contributed by atoms with E-state index in [0.717, 1.165) is 5.25 Å². The fourth-order valence-corrected chi connectivity index (χ4v) is 6.57. The zero-order chi connectivity index (χ0) is 17.7. The smallest absolute Gasteiger partial charge is 0.0619 e. The lowest BCUT2D eigenvalue weighted by Crippen LogP contribution is -2.23. The van der Waals surface area contributed by atoms with E-state index in [1.54, 1.807) is 0 Å². The first kappa shape index (κ1) is 18.6. The molecular weight excluding hydrogens is 320 g/mol. The molecule has 2 aromatic carbocycles. The van der Waals surface area contributed by atoms with E-state index in [9.17, 15) is 0 Å². The molecule has 3 rings (SSSR count). The fourth-order valence-electron chi connectivity index (χ4n) is 3.84. The van der Waals surface area contributed by atoms with Crippen LogP contribution in [0.15, 0.2) is 64.4 Å². The Hall–Kier alpha value is -1.21. The largest absolute Gasteiger partial charge is 0.161 e. The van der Waals surface area contributed by atoms with Crippen LogP contribution in [0.25, 0.3) is 0 Å².